The monoisotopic (exact) mass is 268 g/mol. The molecule has 4 nitrogen and oxygen atoms in total. The van der Waals surface area contributed by atoms with Crippen molar-refractivity contribution in [3.8, 4) is 0 Å². The van der Waals surface area contributed by atoms with Crippen LogP contribution in [0.2, 0.25) is 0 Å². The number of nitrogens with one attached hydrogen (secondary N) is 2. The molecule has 1 heterocycles. The van der Waals surface area contributed by atoms with Crippen LogP contribution in [0.5, 0.6) is 0 Å². The van der Waals surface area contributed by atoms with E-state index in [1.165, 1.54) is 34.6 Å². The molecule has 2 N–H and O–H groups in total. The van der Waals surface area contributed by atoms with Crippen molar-refractivity contribution in [3.05, 3.63) is 21.4 Å². The van der Waals surface area contributed by atoms with Gasteiger partial charge in [-0.2, -0.15) is 0 Å². The molecule has 0 saturated carbocycles. The van der Waals surface area contributed by atoms with Crippen molar-refractivity contribution in [2.45, 2.75) is 25.8 Å². The van der Waals surface area contributed by atoms with Crippen molar-refractivity contribution in [2.24, 2.45) is 0 Å². The molecule has 0 spiro atoms. The highest BCUT2D eigenvalue weighted by atomic mass is 32.1. The molecule has 0 aromatic carbocycles. The third kappa shape index (κ3) is 3.80. The number of ether oxygens (including phenoxy) is 1. The summed E-state index contributed by atoms with van der Waals surface area (Å²) in [5.41, 5.74) is 1.49. The van der Waals surface area contributed by atoms with E-state index >= 15 is 0 Å². The Balaban J connectivity index is 1.66. The van der Waals surface area contributed by atoms with Crippen molar-refractivity contribution in [2.75, 3.05) is 26.8 Å². The second kappa shape index (κ2) is 6.87. The lowest BCUT2D eigenvalue weighted by Crippen LogP contribution is -2.34. The number of methoxy groups -OCH3 is 1. The number of fused-ring (bicyclic) bond motifs is 1. The maximum atomic E-state index is 11.5. The van der Waals surface area contributed by atoms with E-state index in [2.05, 4.69) is 16.7 Å². The molecule has 0 bridgehead atoms. The summed E-state index contributed by atoms with van der Waals surface area (Å²) in [5, 5.41) is 5.96. The molecule has 0 fully saturated rings. The van der Waals surface area contributed by atoms with Gasteiger partial charge in [0.15, 0.2) is 0 Å². The SMILES string of the molecule is COCCNCC(=O)NCc1cc2c(s1)CCC2. The van der Waals surface area contributed by atoms with E-state index in [0.717, 1.165) is 0 Å². The summed E-state index contributed by atoms with van der Waals surface area (Å²) in [5.74, 6) is 0.0414. The average molecular weight is 268 g/mol. The van der Waals surface area contributed by atoms with Crippen LogP contribution in [0.4, 0.5) is 0 Å². The molecule has 18 heavy (non-hydrogen) atoms. The summed E-state index contributed by atoms with van der Waals surface area (Å²) >= 11 is 1.84. The van der Waals surface area contributed by atoms with E-state index in [4.69, 9.17) is 4.74 Å². The summed E-state index contributed by atoms with van der Waals surface area (Å²) in [7, 11) is 1.65. The maximum absolute atomic E-state index is 11.5. The minimum absolute atomic E-state index is 0.0414. The van der Waals surface area contributed by atoms with Gasteiger partial charge in [0.05, 0.1) is 19.7 Å². The number of aryl methyl sites for hydroxylation is 2. The molecule has 0 radical (unpaired) electrons. The summed E-state index contributed by atoms with van der Waals surface area (Å²) in [6, 6.07) is 2.24. The minimum Gasteiger partial charge on any atom is -0.383 e. The van der Waals surface area contributed by atoms with Gasteiger partial charge in [0.25, 0.3) is 0 Å². The highest BCUT2D eigenvalue weighted by Gasteiger charge is 2.14. The van der Waals surface area contributed by atoms with Crippen molar-refractivity contribution in [3.63, 3.8) is 0 Å². The lowest BCUT2D eigenvalue weighted by atomic mass is 10.2. The number of carbonyl (C=O) groups excluding carboxylic acids is 1. The summed E-state index contributed by atoms with van der Waals surface area (Å²) in [4.78, 5) is 14.3. The van der Waals surface area contributed by atoms with Gasteiger partial charge < -0.3 is 15.4 Å². The van der Waals surface area contributed by atoms with Crippen molar-refractivity contribution in [1.82, 2.24) is 10.6 Å². The molecule has 2 rings (SSSR count). The van der Waals surface area contributed by atoms with Gasteiger partial charge in [0.1, 0.15) is 0 Å². The maximum Gasteiger partial charge on any atom is 0.234 e. The quantitative estimate of drug-likeness (QED) is 0.728. The van der Waals surface area contributed by atoms with Gasteiger partial charge in [0.2, 0.25) is 5.91 Å². The molecule has 0 atom stereocenters. The molecule has 0 aliphatic heterocycles. The van der Waals surface area contributed by atoms with Crippen LogP contribution >= 0.6 is 11.3 Å². The van der Waals surface area contributed by atoms with Gasteiger partial charge in [-0.25, -0.2) is 0 Å². The number of carbonyl (C=O) groups is 1. The van der Waals surface area contributed by atoms with Crippen molar-refractivity contribution < 1.29 is 9.53 Å². The van der Waals surface area contributed by atoms with Crippen LogP contribution in [-0.2, 0) is 28.9 Å². The van der Waals surface area contributed by atoms with E-state index < -0.39 is 0 Å². The number of amides is 1. The number of hydrogen-bond donors (Lipinski definition) is 2. The van der Waals surface area contributed by atoms with E-state index in [1.54, 1.807) is 7.11 Å². The summed E-state index contributed by atoms with van der Waals surface area (Å²) < 4.78 is 4.90. The largest absolute Gasteiger partial charge is 0.383 e. The Labute approximate surface area is 112 Å². The lowest BCUT2D eigenvalue weighted by molar-refractivity contribution is -0.120. The first kappa shape index (κ1) is 13.5. The molecule has 1 aromatic rings. The van der Waals surface area contributed by atoms with Gasteiger partial charge in [-0.15, -0.1) is 11.3 Å². The zero-order chi connectivity index (χ0) is 12.8. The Morgan fingerprint density at radius 1 is 1.50 bits per heavy atom. The first-order valence-corrected chi connectivity index (χ1v) is 7.18. The van der Waals surface area contributed by atoms with E-state index in [1.807, 2.05) is 11.3 Å². The van der Waals surface area contributed by atoms with Gasteiger partial charge in [-0.3, -0.25) is 4.79 Å². The number of hydrogen-bond acceptors (Lipinski definition) is 4. The molecular formula is C13H20N2O2S. The standard InChI is InChI=1S/C13H20N2O2S/c1-17-6-5-14-9-13(16)15-8-11-7-10-3-2-4-12(10)18-11/h7,14H,2-6,8-9H2,1H3,(H,15,16). The third-order valence-corrected chi connectivity index (χ3v) is 4.26. The third-order valence-electron chi connectivity index (χ3n) is 3.03. The first-order chi connectivity index (χ1) is 8.79. The molecule has 0 unspecified atom stereocenters. The first-order valence-electron chi connectivity index (χ1n) is 6.36. The highest BCUT2D eigenvalue weighted by Crippen LogP contribution is 2.30. The molecule has 0 saturated heterocycles. The smallest absolute Gasteiger partial charge is 0.234 e. The molecule has 1 amide bonds. The molecule has 1 aromatic heterocycles. The molecule has 5 heteroatoms. The van der Waals surface area contributed by atoms with Gasteiger partial charge in [0, 0.05) is 23.4 Å². The van der Waals surface area contributed by atoms with Crippen LogP contribution in [0, 0.1) is 0 Å². The molecule has 100 valence electrons. The van der Waals surface area contributed by atoms with Crippen LogP contribution in [0.15, 0.2) is 6.07 Å². The predicted octanol–water partition coefficient (Wildman–Crippen LogP) is 1.09. The second-order valence-corrected chi connectivity index (χ2v) is 5.68. The minimum atomic E-state index is 0.0414. The zero-order valence-corrected chi connectivity index (χ0v) is 11.6. The summed E-state index contributed by atoms with van der Waals surface area (Å²) in [6.07, 6.45) is 3.71. The van der Waals surface area contributed by atoms with Gasteiger partial charge in [-0.1, -0.05) is 0 Å². The number of thiophene rings is 1. The Bertz CT molecular complexity index is 382. The summed E-state index contributed by atoms with van der Waals surface area (Å²) in [6.45, 7) is 2.35. The van der Waals surface area contributed by atoms with Gasteiger partial charge >= 0.3 is 0 Å². The Hall–Kier alpha value is -0.910. The fourth-order valence-electron chi connectivity index (χ4n) is 2.10. The molecule has 1 aliphatic rings. The van der Waals surface area contributed by atoms with Crippen molar-refractivity contribution in [1.29, 1.82) is 0 Å². The van der Waals surface area contributed by atoms with Crippen LogP contribution in [0.1, 0.15) is 21.7 Å². The Morgan fingerprint density at radius 3 is 3.17 bits per heavy atom. The molecular weight excluding hydrogens is 248 g/mol. The highest BCUT2D eigenvalue weighted by molar-refractivity contribution is 7.12. The normalized spacial score (nSPS) is 13.6. The van der Waals surface area contributed by atoms with Crippen LogP contribution in [-0.4, -0.2) is 32.7 Å². The second-order valence-electron chi connectivity index (χ2n) is 4.46. The lowest BCUT2D eigenvalue weighted by Gasteiger charge is -2.05. The van der Waals surface area contributed by atoms with Crippen molar-refractivity contribution >= 4 is 17.2 Å². The Kier molecular flexibility index (Phi) is 5.16. The predicted molar refractivity (Wildman–Crippen MR) is 72.9 cm³/mol. The fraction of sp³-hybridized carbons (Fsp3) is 0.615. The Morgan fingerprint density at radius 2 is 2.39 bits per heavy atom. The van der Waals surface area contributed by atoms with Crippen LogP contribution in [0.3, 0.4) is 0 Å². The zero-order valence-electron chi connectivity index (χ0n) is 10.8. The topological polar surface area (TPSA) is 50.4 Å². The fourth-order valence-corrected chi connectivity index (χ4v) is 3.30. The van der Waals surface area contributed by atoms with Gasteiger partial charge in [-0.05, 0) is 30.9 Å². The van der Waals surface area contributed by atoms with Crippen LogP contribution in [0.25, 0.3) is 0 Å². The van der Waals surface area contributed by atoms with Crippen LogP contribution < -0.4 is 10.6 Å². The average Bonchev–Trinajstić information content (AvgIpc) is 2.92. The van der Waals surface area contributed by atoms with E-state index in [-0.39, 0.29) is 5.91 Å². The van der Waals surface area contributed by atoms with E-state index in [9.17, 15) is 4.79 Å². The molecule has 1 aliphatic carbocycles. The van der Waals surface area contributed by atoms with E-state index in [0.29, 0.717) is 26.2 Å². The number of rotatable bonds is 7.